The summed E-state index contributed by atoms with van der Waals surface area (Å²) in [5.41, 5.74) is 8.30. The maximum Gasteiger partial charge on any atom is 0.343 e. The third-order valence-electron chi connectivity index (χ3n) is 6.62. The topological polar surface area (TPSA) is 136 Å². The van der Waals surface area contributed by atoms with Crippen LogP contribution in [-0.4, -0.2) is 35.1 Å². The molecule has 5 rings (SSSR count). The first kappa shape index (κ1) is 27.8. The molecule has 0 saturated heterocycles. The van der Waals surface area contributed by atoms with Gasteiger partial charge in [-0.1, -0.05) is 42.0 Å². The fourth-order valence-electron chi connectivity index (χ4n) is 4.68. The standard InChI is InChI=1S/C32H26N4O6/c1-19-15-20(2)29-25(16-19)28(22-7-5-4-6-8-22)30(34-29)31(37)35-33-18-21-9-14-26(27(17-21)41-3)42-32(38)23-10-12-24(13-11-23)36(39)40/h4-18,34H,1-3H3,(H,35,37). The molecule has 0 radical (unpaired) electrons. The maximum absolute atomic E-state index is 13.3. The number of nitrogens with zero attached hydrogens (tertiary/aromatic N) is 2. The number of rotatable bonds is 8. The summed E-state index contributed by atoms with van der Waals surface area (Å²) >= 11 is 0. The summed E-state index contributed by atoms with van der Waals surface area (Å²) in [6.45, 7) is 4.02. The summed E-state index contributed by atoms with van der Waals surface area (Å²) in [4.78, 5) is 39.4. The van der Waals surface area contributed by atoms with Crippen LogP contribution in [0.2, 0.25) is 0 Å². The van der Waals surface area contributed by atoms with Gasteiger partial charge in [0.2, 0.25) is 0 Å². The van der Waals surface area contributed by atoms with Crippen LogP contribution in [0.1, 0.15) is 37.5 Å². The predicted molar refractivity (Wildman–Crippen MR) is 159 cm³/mol. The van der Waals surface area contributed by atoms with Crippen LogP contribution in [-0.2, 0) is 0 Å². The summed E-state index contributed by atoms with van der Waals surface area (Å²) < 4.78 is 10.8. The first-order valence-electron chi connectivity index (χ1n) is 12.9. The maximum atomic E-state index is 13.3. The number of amides is 1. The molecule has 0 unspecified atom stereocenters. The van der Waals surface area contributed by atoms with E-state index in [0.717, 1.165) is 33.2 Å². The summed E-state index contributed by atoms with van der Waals surface area (Å²) in [5.74, 6) is -0.694. The zero-order valence-corrected chi connectivity index (χ0v) is 23.0. The van der Waals surface area contributed by atoms with E-state index in [0.29, 0.717) is 11.3 Å². The first-order chi connectivity index (χ1) is 20.2. The molecule has 0 aliphatic carbocycles. The molecule has 0 saturated carbocycles. The van der Waals surface area contributed by atoms with Gasteiger partial charge in [-0.25, -0.2) is 10.2 Å². The summed E-state index contributed by atoms with van der Waals surface area (Å²) in [7, 11) is 1.42. The number of carbonyl (C=O) groups excluding carboxylic acids is 2. The van der Waals surface area contributed by atoms with Crippen molar-refractivity contribution in [3.63, 3.8) is 0 Å². The highest BCUT2D eigenvalue weighted by Crippen LogP contribution is 2.35. The van der Waals surface area contributed by atoms with Gasteiger partial charge < -0.3 is 14.5 Å². The van der Waals surface area contributed by atoms with E-state index in [4.69, 9.17) is 9.47 Å². The lowest BCUT2D eigenvalue weighted by Gasteiger charge is -2.10. The van der Waals surface area contributed by atoms with E-state index in [1.807, 2.05) is 44.2 Å². The number of aromatic amines is 1. The minimum atomic E-state index is -0.699. The molecule has 10 heteroatoms. The molecule has 0 bridgehead atoms. The lowest BCUT2D eigenvalue weighted by molar-refractivity contribution is -0.384. The number of fused-ring (bicyclic) bond motifs is 1. The molecule has 0 aliphatic rings. The Morgan fingerprint density at radius 3 is 2.38 bits per heavy atom. The lowest BCUT2D eigenvalue weighted by atomic mass is 9.99. The fraction of sp³-hybridized carbons (Fsp3) is 0.0938. The molecule has 5 aromatic rings. The number of non-ortho nitro benzene ring substituents is 1. The number of nitrogens with one attached hydrogen (secondary N) is 2. The van der Waals surface area contributed by atoms with Crippen molar-refractivity contribution in [2.45, 2.75) is 13.8 Å². The Labute approximate surface area is 240 Å². The average molecular weight is 563 g/mol. The van der Waals surface area contributed by atoms with Crippen molar-refractivity contribution in [2.24, 2.45) is 5.10 Å². The van der Waals surface area contributed by atoms with Gasteiger partial charge in [0.25, 0.3) is 11.6 Å². The molecule has 42 heavy (non-hydrogen) atoms. The van der Waals surface area contributed by atoms with Crippen LogP contribution in [0.5, 0.6) is 11.5 Å². The van der Waals surface area contributed by atoms with Crippen LogP contribution in [0.15, 0.2) is 90.0 Å². The van der Waals surface area contributed by atoms with Crippen molar-refractivity contribution in [1.82, 2.24) is 10.4 Å². The van der Waals surface area contributed by atoms with Crippen LogP contribution in [0.3, 0.4) is 0 Å². The van der Waals surface area contributed by atoms with Gasteiger partial charge in [-0.15, -0.1) is 0 Å². The van der Waals surface area contributed by atoms with Crippen molar-refractivity contribution >= 4 is 34.7 Å². The number of esters is 1. The highest BCUT2D eigenvalue weighted by atomic mass is 16.6. The summed E-state index contributed by atoms with van der Waals surface area (Å²) in [5, 5.41) is 15.9. The van der Waals surface area contributed by atoms with E-state index < -0.39 is 16.8 Å². The lowest BCUT2D eigenvalue weighted by Crippen LogP contribution is -2.18. The third kappa shape index (κ3) is 5.73. The molecule has 0 aliphatic heterocycles. The molecule has 4 aromatic carbocycles. The van der Waals surface area contributed by atoms with Crippen molar-refractivity contribution in [3.8, 4) is 22.6 Å². The SMILES string of the molecule is COc1cc(C=NNC(=O)c2[nH]c3c(C)cc(C)cc3c2-c2ccccc2)ccc1OC(=O)c1ccc([N+](=O)[O-])cc1. The number of hydrogen-bond donors (Lipinski definition) is 2. The zero-order chi connectivity index (χ0) is 29.8. The van der Waals surface area contributed by atoms with Gasteiger partial charge in [0.1, 0.15) is 5.69 Å². The minimum absolute atomic E-state index is 0.133. The van der Waals surface area contributed by atoms with Gasteiger partial charge in [-0.3, -0.25) is 14.9 Å². The number of nitro groups is 1. The quantitative estimate of drug-likeness (QED) is 0.0743. The van der Waals surface area contributed by atoms with E-state index in [9.17, 15) is 19.7 Å². The Balaban J connectivity index is 1.34. The van der Waals surface area contributed by atoms with Crippen LogP contribution in [0, 0.1) is 24.0 Å². The number of carbonyl (C=O) groups is 2. The van der Waals surface area contributed by atoms with Gasteiger partial charge in [-0.05, 0) is 66.9 Å². The third-order valence-corrected chi connectivity index (χ3v) is 6.62. The number of hydrazone groups is 1. The number of hydrogen-bond acceptors (Lipinski definition) is 7. The Morgan fingerprint density at radius 1 is 0.952 bits per heavy atom. The molecule has 0 atom stereocenters. The van der Waals surface area contributed by atoms with Crippen LogP contribution in [0.25, 0.3) is 22.0 Å². The van der Waals surface area contributed by atoms with Gasteiger partial charge in [0, 0.05) is 28.6 Å². The zero-order valence-electron chi connectivity index (χ0n) is 23.0. The number of aromatic nitrogens is 1. The molecule has 1 heterocycles. The van der Waals surface area contributed by atoms with Crippen molar-refractivity contribution in [3.05, 3.63) is 123 Å². The Kier molecular flexibility index (Phi) is 7.78. The van der Waals surface area contributed by atoms with Crippen molar-refractivity contribution in [2.75, 3.05) is 7.11 Å². The van der Waals surface area contributed by atoms with E-state index in [-0.39, 0.29) is 22.7 Å². The molecule has 0 spiro atoms. The number of benzene rings is 4. The van der Waals surface area contributed by atoms with Crippen molar-refractivity contribution < 1.29 is 24.0 Å². The fourth-order valence-corrected chi connectivity index (χ4v) is 4.68. The minimum Gasteiger partial charge on any atom is -0.493 e. The average Bonchev–Trinajstić information content (AvgIpc) is 3.38. The molecule has 1 amide bonds. The van der Waals surface area contributed by atoms with Gasteiger partial charge >= 0.3 is 5.97 Å². The highest BCUT2D eigenvalue weighted by molar-refractivity contribution is 6.10. The van der Waals surface area contributed by atoms with E-state index in [2.05, 4.69) is 27.6 Å². The van der Waals surface area contributed by atoms with Gasteiger partial charge in [0.15, 0.2) is 11.5 Å². The van der Waals surface area contributed by atoms with Crippen LogP contribution in [0.4, 0.5) is 5.69 Å². The second-order valence-corrected chi connectivity index (χ2v) is 9.55. The Morgan fingerprint density at radius 2 is 1.69 bits per heavy atom. The van der Waals surface area contributed by atoms with Crippen LogP contribution >= 0.6 is 0 Å². The molecule has 2 N–H and O–H groups in total. The van der Waals surface area contributed by atoms with Gasteiger partial charge in [-0.2, -0.15) is 5.10 Å². The predicted octanol–water partition coefficient (Wildman–Crippen LogP) is 6.35. The van der Waals surface area contributed by atoms with Crippen LogP contribution < -0.4 is 14.9 Å². The second-order valence-electron chi connectivity index (χ2n) is 9.55. The summed E-state index contributed by atoms with van der Waals surface area (Å²) in [6.07, 6.45) is 1.45. The number of nitro benzene ring substituents is 1. The van der Waals surface area contributed by atoms with E-state index >= 15 is 0 Å². The molecule has 1 aromatic heterocycles. The Hall–Kier alpha value is -5.77. The molecular weight excluding hydrogens is 536 g/mol. The van der Waals surface area contributed by atoms with Gasteiger partial charge in [0.05, 0.1) is 23.8 Å². The molecule has 0 fully saturated rings. The number of aryl methyl sites for hydroxylation is 2. The normalized spacial score (nSPS) is 11.0. The largest absolute Gasteiger partial charge is 0.493 e. The van der Waals surface area contributed by atoms with E-state index in [1.54, 1.807) is 12.1 Å². The van der Waals surface area contributed by atoms with E-state index in [1.165, 1.54) is 43.7 Å². The molecule has 10 nitrogen and oxygen atoms in total. The number of H-pyrrole nitrogens is 1. The summed E-state index contributed by atoms with van der Waals surface area (Å²) in [6, 6.07) is 23.7. The molecular formula is C32H26N4O6. The smallest absolute Gasteiger partial charge is 0.343 e. The Bertz CT molecular complexity index is 1840. The highest BCUT2D eigenvalue weighted by Gasteiger charge is 2.20. The number of ether oxygens (including phenoxy) is 2. The molecule has 210 valence electrons. The second kappa shape index (κ2) is 11.8. The number of methoxy groups -OCH3 is 1. The first-order valence-corrected chi connectivity index (χ1v) is 12.9. The van der Waals surface area contributed by atoms with Crippen molar-refractivity contribution in [1.29, 1.82) is 0 Å². The monoisotopic (exact) mass is 562 g/mol.